The molecule has 0 bridgehead atoms. The summed E-state index contributed by atoms with van der Waals surface area (Å²) in [6.45, 7) is 1.76. The van der Waals surface area contributed by atoms with Crippen LogP contribution in [0.3, 0.4) is 0 Å². The third kappa shape index (κ3) is 1.44. The van der Waals surface area contributed by atoms with Crippen LogP contribution in [0.25, 0.3) is 0 Å². The molecule has 0 aliphatic heterocycles. The number of hydrogen-bond acceptors (Lipinski definition) is 2. The maximum atomic E-state index is 9.10. The van der Waals surface area contributed by atoms with Crippen molar-refractivity contribution in [1.29, 1.82) is 0 Å². The number of rotatable bonds is 2. The summed E-state index contributed by atoms with van der Waals surface area (Å²) in [6.07, 6.45) is 0. The van der Waals surface area contributed by atoms with E-state index >= 15 is 0 Å². The molecule has 1 aromatic carbocycles. The molecule has 0 aromatic heterocycles. The zero-order valence-corrected chi connectivity index (χ0v) is 5.74. The summed E-state index contributed by atoms with van der Waals surface area (Å²) in [6, 6.07) is 6.84. The predicted octanol–water partition coefficient (Wildman–Crippen LogP) is 1.44. The smallest absolute Gasteiger partial charge is 0.366 e. The number of benzene rings is 1. The van der Waals surface area contributed by atoms with E-state index in [0.29, 0.717) is 5.75 Å². The van der Waals surface area contributed by atoms with E-state index in [2.05, 4.69) is 0 Å². The molecule has 0 aliphatic rings. The van der Waals surface area contributed by atoms with E-state index in [1.54, 1.807) is 31.1 Å². The Morgan fingerprint density at radius 3 is 2.70 bits per heavy atom. The molecule has 3 heteroatoms. The second kappa shape index (κ2) is 3.15. The third-order valence-corrected chi connectivity index (χ3v) is 1.11. The lowest BCUT2D eigenvalue weighted by Gasteiger charge is -2.02. The summed E-state index contributed by atoms with van der Waals surface area (Å²) in [5.41, 5.74) is 0. The van der Waals surface area contributed by atoms with Gasteiger partial charge in [-0.2, -0.15) is 0 Å². The van der Waals surface area contributed by atoms with Gasteiger partial charge >= 0.3 is 7.48 Å². The van der Waals surface area contributed by atoms with Gasteiger partial charge in [-0.05, 0) is 12.1 Å². The first-order valence-electron chi connectivity index (χ1n) is 3.07. The lowest BCUT2D eigenvalue weighted by atomic mass is 10.1. The van der Waals surface area contributed by atoms with Gasteiger partial charge < -0.3 is 9.76 Å². The minimum atomic E-state index is 0.167. The largest absolute Gasteiger partial charge is 0.561 e. The Bertz CT molecular complexity index is 213. The van der Waals surface area contributed by atoms with E-state index in [1.807, 2.05) is 0 Å². The van der Waals surface area contributed by atoms with Crippen molar-refractivity contribution in [2.75, 3.05) is 0 Å². The van der Waals surface area contributed by atoms with Crippen molar-refractivity contribution in [1.82, 2.24) is 0 Å². The molecule has 1 N–H and O–H groups in total. The SMILES string of the molecule is C[B]Oc1ccccc1O. The highest BCUT2D eigenvalue weighted by Crippen LogP contribution is 2.23. The zero-order chi connectivity index (χ0) is 7.40. The quantitative estimate of drug-likeness (QED) is 0.621. The molecule has 0 saturated carbocycles. The standard InChI is InChI=1S/C7H8BO2/c1-8-10-7-5-3-2-4-6(7)9/h2-5,9H,1H3. The zero-order valence-electron chi connectivity index (χ0n) is 5.74. The van der Waals surface area contributed by atoms with Crippen LogP contribution in [0.5, 0.6) is 11.5 Å². The third-order valence-electron chi connectivity index (χ3n) is 1.11. The lowest BCUT2D eigenvalue weighted by molar-refractivity contribution is 0.444. The first-order chi connectivity index (χ1) is 4.84. The number of para-hydroxylation sites is 2. The summed E-state index contributed by atoms with van der Waals surface area (Å²) in [5, 5.41) is 9.10. The first-order valence-corrected chi connectivity index (χ1v) is 3.07. The highest BCUT2D eigenvalue weighted by Gasteiger charge is 1.96. The van der Waals surface area contributed by atoms with Crippen LogP contribution >= 0.6 is 0 Å². The van der Waals surface area contributed by atoms with Crippen molar-refractivity contribution in [2.45, 2.75) is 6.82 Å². The fourth-order valence-corrected chi connectivity index (χ4v) is 0.684. The predicted molar refractivity (Wildman–Crippen MR) is 40.4 cm³/mol. The van der Waals surface area contributed by atoms with Crippen LogP contribution in [-0.4, -0.2) is 12.6 Å². The fourth-order valence-electron chi connectivity index (χ4n) is 0.684. The minimum absolute atomic E-state index is 0.167. The van der Waals surface area contributed by atoms with Crippen LogP contribution < -0.4 is 4.65 Å². The molecule has 10 heavy (non-hydrogen) atoms. The number of aromatic hydroxyl groups is 1. The molecule has 1 rings (SSSR count). The van der Waals surface area contributed by atoms with Crippen LogP contribution in [-0.2, 0) is 0 Å². The van der Waals surface area contributed by atoms with Gasteiger partial charge in [0.15, 0.2) is 5.75 Å². The Hall–Kier alpha value is -1.12. The van der Waals surface area contributed by atoms with Gasteiger partial charge in [0.1, 0.15) is 5.75 Å². The van der Waals surface area contributed by atoms with Crippen molar-refractivity contribution in [3.05, 3.63) is 24.3 Å². The topological polar surface area (TPSA) is 29.5 Å². The highest BCUT2D eigenvalue weighted by molar-refractivity contribution is 6.26. The van der Waals surface area contributed by atoms with E-state index < -0.39 is 0 Å². The number of hydrogen-bond donors (Lipinski definition) is 1. The van der Waals surface area contributed by atoms with Gasteiger partial charge in [0, 0.05) is 0 Å². The maximum absolute atomic E-state index is 9.10. The first kappa shape index (κ1) is 7.00. The average Bonchev–Trinajstić information content (AvgIpc) is 1.94. The molecule has 2 nitrogen and oxygen atoms in total. The minimum Gasteiger partial charge on any atom is -0.561 e. The van der Waals surface area contributed by atoms with Crippen molar-refractivity contribution >= 4 is 7.48 Å². The van der Waals surface area contributed by atoms with E-state index in [-0.39, 0.29) is 5.75 Å². The Labute approximate surface area is 60.7 Å². The Kier molecular flexibility index (Phi) is 2.21. The summed E-state index contributed by atoms with van der Waals surface area (Å²) >= 11 is 0. The van der Waals surface area contributed by atoms with Gasteiger partial charge in [-0.25, -0.2) is 0 Å². The molecular formula is C7H8BO2. The lowest BCUT2D eigenvalue weighted by Crippen LogP contribution is -1.94. The molecule has 0 spiro atoms. The summed E-state index contributed by atoms with van der Waals surface area (Å²) in [7, 11) is 1.52. The number of phenols is 1. The monoisotopic (exact) mass is 135 g/mol. The van der Waals surface area contributed by atoms with Crippen molar-refractivity contribution in [3.8, 4) is 11.5 Å². The van der Waals surface area contributed by atoms with E-state index in [0.717, 1.165) is 0 Å². The molecule has 1 radical (unpaired) electrons. The molecule has 0 amide bonds. The van der Waals surface area contributed by atoms with Crippen LogP contribution in [0, 0.1) is 0 Å². The van der Waals surface area contributed by atoms with Gasteiger partial charge in [0.05, 0.1) is 0 Å². The van der Waals surface area contributed by atoms with Crippen LogP contribution in [0.1, 0.15) is 0 Å². The summed E-state index contributed by atoms with van der Waals surface area (Å²) in [5.74, 6) is 0.658. The van der Waals surface area contributed by atoms with Gasteiger partial charge in [-0.3, -0.25) is 0 Å². The Balaban J connectivity index is 2.81. The van der Waals surface area contributed by atoms with Crippen LogP contribution in [0.15, 0.2) is 24.3 Å². The normalized spacial score (nSPS) is 8.90. The number of phenolic OH excluding ortho intramolecular Hbond substituents is 1. The van der Waals surface area contributed by atoms with Crippen molar-refractivity contribution in [3.63, 3.8) is 0 Å². The Morgan fingerprint density at radius 1 is 1.40 bits per heavy atom. The average molecular weight is 135 g/mol. The van der Waals surface area contributed by atoms with E-state index in [1.165, 1.54) is 7.48 Å². The summed E-state index contributed by atoms with van der Waals surface area (Å²) < 4.78 is 4.96. The molecule has 0 heterocycles. The molecule has 0 unspecified atom stereocenters. The molecule has 0 aliphatic carbocycles. The van der Waals surface area contributed by atoms with E-state index in [4.69, 9.17) is 9.76 Å². The molecule has 51 valence electrons. The van der Waals surface area contributed by atoms with E-state index in [9.17, 15) is 0 Å². The van der Waals surface area contributed by atoms with Crippen molar-refractivity contribution < 1.29 is 9.76 Å². The van der Waals surface area contributed by atoms with Gasteiger partial charge in [-0.15, -0.1) is 0 Å². The van der Waals surface area contributed by atoms with Gasteiger partial charge in [0.2, 0.25) is 0 Å². The molecule has 1 aromatic rings. The van der Waals surface area contributed by atoms with Crippen LogP contribution in [0.2, 0.25) is 6.82 Å². The molecule has 0 saturated heterocycles. The van der Waals surface area contributed by atoms with Crippen LogP contribution in [0.4, 0.5) is 0 Å². The second-order valence-corrected chi connectivity index (χ2v) is 1.82. The molecular weight excluding hydrogens is 127 g/mol. The van der Waals surface area contributed by atoms with Gasteiger partial charge in [-0.1, -0.05) is 19.0 Å². The second-order valence-electron chi connectivity index (χ2n) is 1.82. The fraction of sp³-hybridized carbons (Fsp3) is 0.143. The highest BCUT2D eigenvalue weighted by atomic mass is 16.4. The Morgan fingerprint density at radius 2 is 2.10 bits per heavy atom. The summed E-state index contributed by atoms with van der Waals surface area (Å²) in [4.78, 5) is 0. The van der Waals surface area contributed by atoms with Crippen molar-refractivity contribution in [2.24, 2.45) is 0 Å². The molecule has 0 atom stereocenters. The van der Waals surface area contributed by atoms with Gasteiger partial charge in [0.25, 0.3) is 0 Å². The molecule has 0 fully saturated rings. The maximum Gasteiger partial charge on any atom is 0.366 e.